The molecule has 1 atom stereocenters. The Bertz CT molecular complexity index is 368. The fourth-order valence-electron chi connectivity index (χ4n) is 2.54. The van der Waals surface area contributed by atoms with Gasteiger partial charge in [0, 0.05) is 39.0 Å². The summed E-state index contributed by atoms with van der Waals surface area (Å²) < 4.78 is 2.35. The summed E-state index contributed by atoms with van der Waals surface area (Å²) in [6, 6.07) is 0.315. The second-order valence-corrected chi connectivity index (χ2v) is 4.37. The molecule has 1 unspecified atom stereocenters. The molecule has 14 heavy (non-hydrogen) atoms. The topological polar surface area (TPSA) is 47.1 Å². The van der Waals surface area contributed by atoms with Crippen molar-refractivity contribution in [1.82, 2.24) is 9.55 Å². The molecule has 3 rings (SSSR count). The van der Waals surface area contributed by atoms with Crippen LogP contribution < -0.4 is 10.6 Å². The number of hydrogen-bond donors (Lipinski definition) is 1. The third kappa shape index (κ3) is 1.00. The molecular formula is C10H16N4. The van der Waals surface area contributed by atoms with Crippen LogP contribution in [-0.4, -0.2) is 29.2 Å². The fourth-order valence-corrected chi connectivity index (χ4v) is 2.54. The smallest absolute Gasteiger partial charge is 0.131 e. The minimum absolute atomic E-state index is 0.315. The molecule has 3 heterocycles. The first kappa shape index (κ1) is 8.29. The quantitative estimate of drug-likeness (QED) is 0.636. The van der Waals surface area contributed by atoms with Crippen molar-refractivity contribution in [3.05, 3.63) is 11.5 Å². The largest absolute Gasteiger partial charge is 0.359 e. The number of hydrogen-bond acceptors (Lipinski definition) is 3. The van der Waals surface area contributed by atoms with E-state index in [1.54, 1.807) is 0 Å². The van der Waals surface area contributed by atoms with Crippen LogP contribution >= 0.6 is 0 Å². The predicted molar refractivity (Wildman–Crippen MR) is 55.5 cm³/mol. The van der Waals surface area contributed by atoms with Crippen LogP contribution in [0.4, 0.5) is 5.82 Å². The van der Waals surface area contributed by atoms with Crippen LogP contribution in [0.5, 0.6) is 0 Å². The lowest BCUT2D eigenvalue weighted by molar-refractivity contribution is 0.463. The van der Waals surface area contributed by atoms with Crippen molar-refractivity contribution in [2.24, 2.45) is 5.73 Å². The van der Waals surface area contributed by atoms with Crippen LogP contribution in [0.1, 0.15) is 17.9 Å². The lowest BCUT2D eigenvalue weighted by Crippen LogP contribution is -2.32. The van der Waals surface area contributed by atoms with Crippen LogP contribution in [-0.2, 0) is 19.4 Å². The molecule has 0 aliphatic carbocycles. The molecule has 0 amide bonds. The maximum atomic E-state index is 5.94. The lowest BCUT2D eigenvalue weighted by atomic mass is 10.1. The van der Waals surface area contributed by atoms with Gasteiger partial charge in [-0.1, -0.05) is 0 Å². The van der Waals surface area contributed by atoms with Crippen LogP contribution in [0.15, 0.2) is 0 Å². The van der Waals surface area contributed by atoms with Crippen LogP contribution in [0.3, 0.4) is 0 Å². The van der Waals surface area contributed by atoms with E-state index in [-0.39, 0.29) is 0 Å². The summed E-state index contributed by atoms with van der Waals surface area (Å²) in [5.74, 6) is 2.53. The molecule has 76 valence electrons. The minimum Gasteiger partial charge on any atom is -0.359 e. The van der Waals surface area contributed by atoms with Gasteiger partial charge in [-0.3, -0.25) is 0 Å². The predicted octanol–water partition coefficient (Wildman–Crippen LogP) is 0.149. The lowest BCUT2D eigenvalue weighted by Gasteiger charge is -2.23. The molecular weight excluding hydrogens is 176 g/mol. The number of anilines is 1. The Hall–Kier alpha value is -1.03. The Morgan fingerprint density at radius 3 is 3.14 bits per heavy atom. The van der Waals surface area contributed by atoms with Gasteiger partial charge in [-0.05, 0) is 6.42 Å². The minimum atomic E-state index is 0.315. The van der Waals surface area contributed by atoms with E-state index in [0.29, 0.717) is 6.04 Å². The van der Waals surface area contributed by atoms with Crippen LogP contribution in [0.2, 0.25) is 0 Å². The fraction of sp³-hybridized carbons (Fsp3) is 0.700. The summed E-state index contributed by atoms with van der Waals surface area (Å²) in [5, 5.41) is 0. The second kappa shape index (κ2) is 2.73. The summed E-state index contributed by atoms with van der Waals surface area (Å²) in [4.78, 5) is 6.98. The number of aromatic nitrogens is 2. The van der Waals surface area contributed by atoms with E-state index < -0.39 is 0 Å². The van der Waals surface area contributed by atoms with E-state index in [1.807, 2.05) is 0 Å². The molecule has 0 radical (unpaired) electrons. The Balaban J connectivity index is 2.08. The van der Waals surface area contributed by atoms with Crippen molar-refractivity contribution in [2.75, 3.05) is 18.5 Å². The highest BCUT2D eigenvalue weighted by molar-refractivity contribution is 5.51. The zero-order valence-electron chi connectivity index (χ0n) is 8.53. The molecule has 4 nitrogen and oxygen atoms in total. The van der Waals surface area contributed by atoms with Gasteiger partial charge in [-0.15, -0.1) is 0 Å². The van der Waals surface area contributed by atoms with Crippen molar-refractivity contribution in [3.8, 4) is 0 Å². The number of fused-ring (bicyclic) bond motifs is 3. The summed E-state index contributed by atoms with van der Waals surface area (Å²) in [6.07, 6.45) is 3.13. The van der Waals surface area contributed by atoms with Gasteiger partial charge in [-0.2, -0.15) is 0 Å². The summed E-state index contributed by atoms with van der Waals surface area (Å²) in [6.45, 7) is 2.16. The van der Waals surface area contributed by atoms with E-state index in [2.05, 4.69) is 21.5 Å². The summed E-state index contributed by atoms with van der Waals surface area (Å²) >= 11 is 0. The second-order valence-electron chi connectivity index (χ2n) is 4.37. The number of likely N-dealkylation sites (N-methyl/N-ethyl adjacent to an activating group) is 1. The number of imidazole rings is 1. The highest BCUT2D eigenvalue weighted by Crippen LogP contribution is 2.30. The third-order valence-corrected chi connectivity index (χ3v) is 3.30. The maximum absolute atomic E-state index is 5.94. The maximum Gasteiger partial charge on any atom is 0.131 e. The molecule has 2 aliphatic rings. The average molecular weight is 192 g/mol. The molecule has 2 N–H and O–H groups in total. The van der Waals surface area contributed by atoms with Gasteiger partial charge < -0.3 is 15.2 Å². The molecule has 0 spiro atoms. The Kier molecular flexibility index (Phi) is 1.62. The van der Waals surface area contributed by atoms with Crippen molar-refractivity contribution in [1.29, 1.82) is 0 Å². The monoisotopic (exact) mass is 192 g/mol. The Labute approximate surface area is 83.7 Å². The first-order valence-electron chi connectivity index (χ1n) is 5.30. The normalized spacial score (nSPS) is 25.0. The molecule has 4 heteroatoms. The van der Waals surface area contributed by atoms with Gasteiger partial charge in [0.15, 0.2) is 0 Å². The van der Waals surface area contributed by atoms with E-state index in [0.717, 1.165) is 32.4 Å². The first-order valence-corrected chi connectivity index (χ1v) is 5.30. The standard InChI is InChI=1S/C10H16N4/c1-13-4-3-8-10(13)14-5-2-7(11)6-9(14)12-8/h7H,2-6,11H2,1H3. The van der Waals surface area contributed by atoms with Gasteiger partial charge in [0.05, 0.1) is 5.69 Å². The highest BCUT2D eigenvalue weighted by Gasteiger charge is 2.28. The van der Waals surface area contributed by atoms with E-state index in [4.69, 9.17) is 5.73 Å². The van der Waals surface area contributed by atoms with Crippen molar-refractivity contribution in [3.63, 3.8) is 0 Å². The molecule has 0 bridgehead atoms. The number of nitrogens with two attached hydrogens (primary N) is 1. The van der Waals surface area contributed by atoms with Crippen LogP contribution in [0, 0.1) is 0 Å². The molecule has 1 aromatic rings. The zero-order chi connectivity index (χ0) is 9.71. The average Bonchev–Trinajstić information content (AvgIpc) is 2.66. The Morgan fingerprint density at radius 1 is 1.43 bits per heavy atom. The van der Waals surface area contributed by atoms with Gasteiger partial charge in [0.25, 0.3) is 0 Å². The van der Waals surface area contributed by atoms with Gasteiger partial charge in [0.1, 0.15) is 11.6 Å². The van der Waals surface area contributed by atoms with Crippen molar-refractivity contribution < 1.29 is 0 Å². The first-order chi connectivity index (χ1) is 6.75. The molecule has 2 aliphatic heterocycles. The van der Waals surface area contributed by atoms with E-state index >= 15 is 0 Å². The summed E-state index contributed by atoms with van der Waals surface area (Å²) in [5.41, 5.74) is 7.21. The van der Waals surface area contributed by atoms with Gasteiger partial charge in [0.2, 0.25) is 0 Å². The van der Waals surface area contributed by atoms with Crippen molar-refractivity contribution in [2.45, 2.75) is 31.8 Å². The summed E-state index contributed by atoms with van der Waals surface area (Å²) in [7, 11) is 2.15. The van der Waals surface area contributed by atoms with E-state index in [9.17, 15) is 0 Å². The number of rotatable bonds is 0. The zero-order valence-corrected chi connectivity index (χ0v) is 8.53. The third-order valence-electron chi connectivity index (χ3n) is 3.30. The van der Waals surface area contributed by atoms with Crippen LogP contribution in [0.25, 0.3) is 0 Å². The molecule has 0 saturated heterocycles. The van der Waals surface area contributed by atoms with Gasteiger partial charge in [-0.25, -0.2) is 4.98 Å². The number of nitrogens with zero attached hydrogens (tertiary/aromatic N) is 3. The molecule has 0 aromatic carbocycles. The molecule has 0 fully saturated rings. The van der Waals surface area contributed by atoms with Gasteiger partial charge >= 0.3 is 0 Å². The molecule has 1 aromatic heterocycles. The van der Waals surface area contributed by atoms with E-state index in [1.165, 1.54) is 17.3 Å². The highest BCUT2D eigenvalue weighted by atomic mass is 15.3. The SMILES string of the molecule is CN1CCc2nc3n(c21)CCC(N)C3. The van der Waals surface area contributed by atoms with Crippen molar-refractivity contribution >= 4 is 5.82 Å². The molecule has 0 saturated carbocycles. The Morgan fingerprint density at radius 2 is 2.29 bits per heavy atom.